The van der Waals surface area contributed by atoms with Crippen LogP contribution in [0.25, 0.3) is 22.2 Å². The Labute approximate surface area is 173 Å². The average molecular weight is 440 g/mol. The van der Waals surface area contributed by atoms with Crippen LogP contribution < -0.4 is 5.73 Å². The number of nitrogen functional groups attached to an aromatic ring is 1. The van der Waals surface area contributed by atoms with Gasteiger partial charge in [-0.3, -0.25) is 0 Å². The Hall–Kier alpha value is -3.08. The molecule has 1 aromatic carbocycles. The number of hydrogen-bond donors (Lipinski definition) is 1. The van der Waals surface area contributed by atoms with Crippen molar-refractivity contribution in [3.8, 4) is 0 Å². The van der Waals surface area contributed by atoms with E-state index >= 15 is 0 Å². The molecule has 4 heterocycles. The minimum Gasteiger partial charge on any atom is -0.382 e. The highest BCUT2D eigenvalue weighted by Crippen LogP contribution is 2.36. The molecular formula is C19H13N5O2S3. The van der Waals surface area contributed by atoms with Crippen LogP contribution >= 0.6 is 22.7 Å². The molecule has 0 bridgehead atoms. The molecule has 0 saturated carbocycles. The summed E-state index contributed by atoms with van der Waals surface area (Å²) < 4.78 is 28.2. The fourth-order valence-electron chi connectivity index (χ4n) is 3.00. The molecule has 4 aromatic heterocycles. The Balaban J connectivity index is 1.85. The van der Waals surface area contributed by atoms with E-state index in [9.17, 15) is 8.42 Å². The van der Waals surface area contributed by atoms with Gasteiger partial charge >= 0.3 is 0 Å². The van der Waals surface area contributed by atoms with E-state index in [0.29, 0.717) is 16.7 Å². The van der Waals surface area contributed by atoms with Crippen LogP contribution in [-0.4, -0.2) is 29.3 Å². The lowest BCUT2D eigenvalue weighted by molar-refractivity contribution is 0.599. The first kappa shape index (κ1) is 18.0. The lowest BCUT2D eigenvalue weighted by Crippen LogP contribution is -2.05. The standard InChI is InChI=1S/C19H13N5O2S3/c20-18-17(29(25,26)15-8-4-10-28-15)16-19(23-14-7-2-1-6-13(14)22-16)24(18)21-11-12-5-3-9-27-12/h1-11H,20H2. The molecule has 0 fully saturated rings. The number of thiophene rings is 2. The molecule has 5 aromatic rings. The number of hydrogen-bond acceptors (Lipinski definition) is 8. The van der Waals surface area contributed by atoms with Crippen LogP contribution in [0.4, 0.5) is 5.82 Å². The molecule has 5 rings (SSSR count). The Kier molecular flexibility index (Phi) is 4.19. The topological polar surface area (TPSA) is 103 Å². The highest BCUT2D eigenvalue weighted by molar-refractivity contribution is 7.93. The van der Waals surface area contributed by atoms with Gasteiger partial charge in [-0.15, -0.1) is 22.7 Å². The summed E-state index contributed by atoms with van der Waals surface area (Å²) in [5.74, 6) is -0.0171. The van der Waals surface area contributed by atoms with E-state index in [1.807, 2.05) is 35.7 Å². The van der Waals surface area contributed by atoms with Gasteiger partial charge in [0.05, 0.1) is 17.2 Å². The SMILES string of the molecule is Nc1c(S(=O)(=O)c2cccs2)c2nc3ccccc3nc2n1N=Cc1cccs1. The maximum absolute atomic E-state index is 13.3. The number of sulfone groups is 1. The first-order valence-electron chi connectivity index (χ1n) is 8.49. The van der Waals surface area contributed by atoms with Crippen LogP contribution in [0.3, 0.4) is 0 Å². The monoisotopic (exact) mass is 439 g/mol. The number of rotatable bonds is 4. The van der Waals surface area contributed by atoms with E-state index in [4.69, 9.17) is 5.73 Å². The maximum Gasteiger partial charge on any atom is 0.221 e. The average Bonchev–Trinajstić information content (AvgIpc) is 3.46. The molecule has 2 N–H and O–H groups in total. The molecule has 29 heavy (non-hydrogen) atoms. The van der Waals surface area contributed by atoms with Gasteiger partial charge in [0.1, 0.15) is 20.4 Å². The quantitative estimate of drug-likeness (QED) is 0.426. The third-order valence-electron chi connectivity index (χ3n) is 4.30. The number of nitrogens with two attached hydrogens (primary N) is 1. The van der Waals surface area contributed by atoms with Crippen molar-refractivity contribution in [2.24, 2.45) is 5.10 Å². The summed E-state index contributed by atoms with van der Waals surface area (Å²) in [6, 6.07) is 14.3. The van der Waals surface area contributed by atoms with Crippen molar-refractivity contribution < 1.29 is 8.42 Å². The van der Waals surface area contributed by atoms with Gasteiger partial charge in [0.25, 0.3) is 0 Å². The molecule has 7 nitrogen and oxygen atoms in total. The van der Waals surface area contributed by atoms with Crippen molar-refractivity contribution in [1.29, 1.82) is 0 Å². The molecule has 0 atom stereocenters. The van der Waals surface area contributed by atoms with Gasteiger partial charge in [-0.25, -0.2) is 18.4 Å². The highest BCUT2D eigenvalue weighted by atomic mass is 32.2. The van der Waals surface area contributed by atoms with Crippen LogP contribution in [0.2, 0.25) is 0 Å². The van der Waals surface area contributed by atoms with Gasteiger partial charge in [0.2, 0.25) is 9.84 Å². The van der Waals surface area contributed by atoms with Gasteiger partial charge in [-0.05, 0) is 35.0 Å². The zero-order valence-corrected chi connectivity index (χ0v) is 17.2. The number of fused-ring (bicyclic) bond motifs is 2. The minimum atomic E-state index is -3.87. The van der Waals surface area contributed by atoms with E-state index in [-0.39, 0.29) is 20.4 Å². The van der Waals surface area contributed by atoms with Crippen molar-refractivity contribution >= 4 is 66.7 Å². The number of aromatic nitrogens is 3. The van der Waals surface area contributed by atoms with E-state index in [1.165, 1.54) is 16.0 Å². The zero-order valence-electron chi connectivity index (χ0n) is 14.8. The second-order valence-corrected chi connectivity index (χ2v) is 10.1. The van der Waals surface area contributed by atoms with Crippen LogP contribution in [0.15, 0.2) is 73.5 Å². The normalized spacial score (nSPS) is 12.4. The minimum absolute atomic E-state index is 0.0171. The lowest BCUT2D eigenvalue weighted by Gasteiger charge is -2.02. The van der Waals surface area contributed by atoms with Crippen molar-refractivity contribution in [3.05, 3.63) is 64.2 Å². The van der Waals surface area contributed by atoms with Crippen LogP contribution in [0.5, 0.6) is 0 Å². The summed E-state index contributed by atoms with van der Waals surface area (Å²) >= 11 is 2.64. The van der Waals surface area contributed by atoms with E-state index in [2.05, 4.69) is 15.1 Å². The van der Waals surface area contributed by atoms with Crippen LogP contribution in [0, 0.1) is 0 Å². The first-order chi connectivity index (χ1) is 14.1. The molecule has 0 unspecified atom stereocenters. The summed E-state index contributed by atoms with van der Waals surface area (Å²) in [4.78, 5) is 10.0. The van der Waals surface area contributed by atoms with Crippen LogP contribution in [-0.2, 0) is 9.84 Å². The summed E-state index contributed by atoms with van der Waals surface area (Å²) in [5.41, 5.74) is 8.03. The molecule has 144 valence electrons. The van der Waals surface area contributed by atoms with E-state index in [0.717, 1.165) is 16.2 Å². The van der Waals surface area contributed by atoms with E-state index < -0.39 is 9.84 Å². The molecule has 0 spiro atoms. The van der Waals surface area contributed by atoms with Gasteiger partial charge in [0, 0.05) is 4.88 Å². The number of nitrogens with zero attached hydrogens (tertiary/aromatic N) is 4. The van der Waals surface area contributed by atoms with Gasteiger partial charge < -0.3 is 5.73 Å². The number of anilines is 1. The fraction of sp³-hybridized carbons (Fsp3) is 0. The Bertz CT molecular complexity index is 1470. The van der Waals surface area contributed by atoms with Crippen LogP contribution in [0.1, 0.15) is 4.88 Å². The lowest BCUT2D eigenvalue weighted by atomic mass is 10.3. The summed E-state index contributed by atoms with van der Waals surface area (Å²) in [5, 5.41) is 8.05. The van der Waals surface area contributed by atoms with Gasteiger partial charge in [0.15, 0.2) is 5.65 Å². The molecular weight excluding hydrogens is 426 g/mol. The van der Waals surface area contributed by atoms with Crippen molar-refractivity contribution in [2.75, 3.05) is 5.73 Å². The smallest absolute Gasteiger partial charge is 0.221 e. The molecule has 0 radical (unpaired) electrons. The second kappa shape index (κ2) is 6.76. The first-order valence-corrected chi connectivity index (χ1v) is 11.7. The Morgan fingerprint density at radius 2 is 1.69 bits per heavy atom. The van der Waals surface area contributed by atoms with E-state index in [1.54, 1.807) is 29.8 Å². The molecule has 0 aliphatic rings. The molecule has 0 aliphatic carbocycles. The van der Waals surface area contributed by atoms with Gasteiger partial charge in [-0.1, -0.05) is 24.3 Å². The summed E-state index contributed by atoms with van der Waals surface area (Å²) in [7, 11) is -3.87. The maximum atomic E-state index is 13.3. The predicted molar refractivity (Wildman–Crippen MR) is 117 cm³/mol. The fourth-order valence-corrected chi connectivity index (χ4v) is 6.16. The molecule has 0 aliphatic heterocycles. The summed E-state index contributed by atoms with van der Waals surface area (Å²) in [6.07, 6.45) is 1.62. The summed E-state index contributed by atoms with van der Waals surface area (Å²) in [6.45, 7) is 0. The molecule has 0 amide bonds. The van der Waals surface area contributed by atoms with Crippen molar-refractivity contribution in [1.82, 2.24) is 14.6 Å². The highest BCUT2D eigenvalue weighted by Gasteiger charge is 2.31. The predicted octanol–water partition coefficient (Wildman–Crippen LogP) is 4.00. The number of para-hydroxylation sites is 2. The third kappa shape index (κ3) is 2.92. The van der Waals surface area contributed by atoms with Crippen molar-refractivity contribution in [3.63, 3.8) is 0 Å². The van der Waals surface area contributed by atoms with Gasteiger partial charge in [-0.2, -0.15) is 9.78 Å². The largest absolute Gasteiger partial charge is 0.382 e. The Morgan fingerprint density at radius 1 is 0.966 bits per heavy atom. The third-order valence-corrected chi connectivity index (χ3v) is 8.32. The number of benzene rings is 1. The zero-order chi connectivity index (χ0) is 20.0. The molecule has 0 saturated heterocycles. The van der Waals surface area contributed by atoms with Crippen molar-refractivity contribution in [2.45, 2.75) is 9.10 Å². The molecule has 10 heteroatoms. The Morgan fingerprint density at radius 3 is 2.38 bits per heavy atom. The second-order valence-electron chi connectivity index (χ2n) is 6.11.